The number of nitrogens with zero attached hydrogens (tertiary/aromatic N) is 3. The SMILES string of the molecule is CC(C)(C)OC(=O)N(Cc1ncccc1/C(N)=N\O)C(=O)OC(C)(C)C. The average molecular weight is 366 g/mol. The van der Waals surface area contributed by atoms with E-state index in [2.05, 4.69) is 10.1 Å². The Morgan fingerprint density at radius 3 is 2.08 bits per heavy atom. The lowest BCUT2D eigenvalue weighted by molar-refractivity contribution is -0.000483. The monoisotopic (exact) mass is 366 g/mol. The lowest BCUT2D eigenvalue weighted by Gasteiger charge is -2.28. The number of nitrogens with two attached hydrogens (primary N) is 1. The summed E-state index contributed by atoms with van der Waals surface area (Å²) in [6, 6.07) is 3.14. The molecular formula is C17H26N4O5. The van der Waals surface area contributed by atoms with Gasteiger partial charge in [-0.1, -0.05) is 5.16 Å². The second-order valence-corrected chi connectivity index (χ2v) is 7.53. The van der Waals surface area contributed by atoms with Crippen LogP contribution < -0.4 is 5.73 Å². The molecule has 0 aliphatic carbocycles. The van der Waals surface area contributed by atoms with Crippen LogP contribution in [0.25, 0.3) is 0 Å². The van der Waals surface area contributed by atoms with Crippen LogP contribution in [0.15, 0.2) is 23.5 Å². The van der Waals surface area contributed by atoms with E-state index in [1.807, 2.05) is 0 Å². The van der Waals surface area contributed by atoms with Gasteiger partial charge >= 0.3 is 12.2 Å². The van der Waals surface area contributed by atoms with Gasteiger partial charge in [0.15, 0.2) is 5.84 Å². The van der Waals surface area contributed by atoms with E-state index in [4.69, 9.17) is 20.4 Å². The van der Waals surface area contributed by atoms with Gasteiger partial charge in [0.05, 0.1) is 12.2 Å². The topological polar surface area (TPSA) is 127 Å². The number of hydrogen-bond acceptors (Lipinski definition) is 7. The van der Waals surface area contributed by atoms with Crippen molar-refractivity contribution in [2.75, 3.05) is 0 Å². The molecule has 9 heteroatoms. The van der Waals surface area contributed by atoms with E-state index in [0.29, 0.717) is 0 Å². The van der Waals surface area contributed by atoms with Crippen molar-refractivity contribution in [2.24, 2.45) is 10.9 Å². The van der Waals surface area contributed by atoms with Crippen molar-refractivity contribution in [1.82, 2.24) is 9.88 Å². The predicted molar refractivity (Wildman–Crippen MR) is 94.8 cm³/mol. The Kier molecular flexibility index (Phi) is 6.55. The standard InChI is InChI=1S/C17H26N4O5/c1-16(2,3)25-14(22)21(15(23)26-17(4,5)6)10-12-11(13(18)20-24)8-7-9-19-12/h7-9,24H,10H2,1-6H3,(H2,18,20). The van der Waals surface area contributed by atoms with Gasteiger partial charge in [-0.2, -0.15) is 0 Å². The Morgan fingerprint density at radius 1 is 1.15 bits per heavy atom. The van der Waals surface area contributed by atoms with Gasteiger partial charge in [-0.15, -0.1) is 0 Å². The quantitative estimate of drug-likeness (QED) is 0.364. The first-order valence-corrected chi connectivity index (χ1v) is 7.99. The highest BCUT2D eigenvalue weighted by molar-refractivity contribution is 5.98. The van der Waals surface area contributed by atoms with Crippen LogP contribution in [0, 0.1) is 0 Å². The molecular weight excluding hydrogens is 340 g/mol. The molecule has 0 unspecified atom stereocenters. The van der Waals surface area contributed by atoms with Crippen LogP contribution in [0.3, 0.4) is 0 Å². The Balaban J connectivity index is 3.22. The van der Waals surface area contributed by atoms with E-state index < -0.39 is 23.4 Å². The minimum Gasteiger partial charge on any atom is -0.443 e. The van der Waals surface area contributed by atoms with Gasteiger partial charge in [-0.3, -0.25) is 4.98 Å². The van der Waals surface area contributed by atoms with E-state index in [1.165, 1.54) is 6.20 Å². The summed E-state index contributed by atoms with van der Waals surface area (Å²) in [6.45, 7) is 9.82. The molecule has 0 saturated heterocycles. The molecule has 2 amide bonds. The molecule has 0 bridgehead atoms. The summed E-state index contributed by atoms with van der Waals surface area (Å²) >= 11 is 0. The number of hydrogen-bond donors (Lipinski definition) is 2. The molecule has 1 aromatic heterocycles. The maximum absolute atomic E-state index is 12.5. The van der Waals surface area contributed by atoms with Crippen molar-refractivity contribution in [3.8, 4) is 0 Å². The fourth-order valence-corrected chi connectivity index (χ4v) is 1.84. The van der Waals surface area contributed by atoms with Crippen LogP contribution in [0.2, 0.25) is 0 Å². The molecule has 0 atom stereocenters. The fourth-order valence-electron chi connectivity index (χ4n) is 1.84. The number of ether oxygens (including phenoxy) is 2. The minimum atomic E-state index is -0.886. The maximum Gasteiger partial charge on any atom is 0.420 e. The Labute approximate surface area is 152 Å². The number of carbonyl (C=O) groups is 2. The van der Waals surface area contributed by atoms with Gasteiger partial charge in [0, 0.05) is 11.8 Å². The summed E-state index contributed by atoms with van der Waals surface area (Å²) in [7, 11) is 0. The van der Waals surface area contributed by atoms with Crippen molar-refractivity contribution in [3.05, 3.63) is 29.6 Å². The summed E-state index contributed by atoms with van der Waals surface area (Å²) < 4.78 is 10.6. The normalized spacial score (nSPS) is 12.5. The number of oxime groups is 1. The first-order chi connectivity index (χ1) is 11.8. The van der Waals surface area contributed by atoms with Crippen LogP contribution in [0.5, 0.6) is 0 Å². The largest absolute Gasteiger partial charge is 0.443 e. The van der Waals surface area contributed by atoms with Crippen molar-refractivity contribution >= 4 is 18.0 Å². The lowest BCUT2D eigenvalue weighted by Crippen LogP contribution is -2.43. The Morgan fingerprint density at radius 2 is 1.65 bits per heavy atom. The molecule has 0 saturated carbocycles. The first kappa shape index (κ1) is 21.2. The number of amidine groups is 1. The van der Waals surface area contributed by atoms with E-state index in [0.717, 1.165) is 4.90 Å². The van der Waals surface area contributed by atoms with E-state index in [-0.39, 0.29) is 23.6 Å². The zero-order valence-electron chi connectivity index (χ0n) is 15.9. The summed E-state index contributed by atoms with van der Waals surface area (Å²) in [4.78, 5) is 29.9. The average Bonchev–Trinajstić information content (AvgIpc) is 2.48. The van der Waals surface area contributed by atoms with E-state index >= 15 is 0 Å². The van der Waals surface area contributed by atoms with Crippen LogP contribution in [-0.2, 0) is 16.0 Å². The van der Waals surface area contributed by atoms with Crippen molar-refractivity contribution in [2.45, 2.75) is 59.3 Å². The van der Waals surface area contributed by atoms with Crippen LogP contribution in [0.1, 0.15) is 52.8 Å². The summed E-state index contributed by atoms with van der Waals surface area (Å²) in [5.74, 6) is -0.193. The van der Waals surface area contributed by atoms with Crippen LogP contribution in [0.4, 0.5) is 9.59 Å². The molecule has 0 fully saturated rings. The number of imide groups is 1. The molecule has 1 heterocycles. The second kappa shape index (κ2) is 8.03. The van der Waals surface area contributed by atoms with Gasteiger partial charge in [-0.05, 0) is 53.7 Å². The van der Waals surface area contributed by atoms with Gasteiger partial charge in [0.2, 0.25) is 0 Å². The van der Waals surface area contributed by atoms with Gasteiger partial charge in [0.1, 0.15) is 11.2 Å². The number of carbonyl (C=O) groups excluding carboxylic acids is 2. The van der Waals surface area contributed by atoms with E-state index in [1.54, 1.807) is 53.7 Å². The maximum atomic E-state index is 12.5. The lowest BCUT2D eigenvalue weighted by atomic mass is 10.1. The highest BCUT2D eigenvalue weighted by atomic mass is 16.6. The molecule has 144 valence electrons. The third kappa shape index (κ3) is 6.58. The molecule has 1 rings (SSSR count). The Bertz CT molecular complexity index is 661. The zero-order chi connectivity index (χ0) is 20.1. The fraction of sp³-hybridized carbons (Fsp3) is 0.529. The van der Waals surface area contributed by atoms with Gasteiger partial charge < -0.3 is 20.4 Å². The number of pyridine rings is 1. The molecule has 0 aliphatic heterocycles. The van der Waals surface area contributed by atoms with Crippen LogP contribution >= 0.6 is 0 Å². The number of aromatic nitrogens is 1. The minimum absolute atomic E-state index is 0.193. The summed E-state index contributed by atoms with van der Waals surface area (Å²) in [5.41, 5.74) is 4.55. The molecule has 0 aliphatic rings. The van der Waals surface area contributed by atoms with Crippen LogP contribution in [-0.4, -0.2) is 44.3 Å². The highest BCUT2D eigenvalue weighted by Crippen LogP contribution is 2.17. The molecule has 0 aromatic carbocycles. The third-order valence-electron chi connectivity index (χ3n) is 2.81. The highest BCUT2D eigenvalue weighted by Gasteiger charge is 2.32. The third-order valence-corrected chi connectivity index (χ3v) is 2.81. The molecule has 1 aromatic rings. The zero-order valence-corrected chi connectivity index (χ0v) is 15.9. The summed E-state index contributed by atoms with van der Waals surface area (Å²) in [5, 5.41) is 11.8. The smallest absolute Gasteiger partial charge is 0.420 e. The second-order valence-electron chi connectivity index (χ2n) is 7.53. The van der Waals surface area contributed by atoms with Crippen molar-refractivity contribution < 1.29 is 24.3 Å². The number of amides is 2. The van der Waals surface area contributed by atoms with Crippen molar-refractivity contribution in [3.63, 3.8) is 0 Å². The molecule has 3 N–H and O–H groups in total. The first-order valence-electron chi connectivity index (χ1n) is 7.99. The van der Waals surface area contributed by atoms with Crippen molar-refractivity contribution in [1.29, 1.82) is 0 Å². The Hall–Kier alpha value is -2.84. The van der Waals surface area contributed by atoms with E-state index in [9.17, 15) is 9.59 Å². The molecule has 26 heavy (non-hydrogen) atoms. The van der Waals surface area contributed by atoms with Gasteiger partial charge in [0.25, 0.3) is 0 Å². The number of rotatable bonds is 3. The van der Waals surface area contributed by atoms with Gasteiger partial charge in [-0.25, -0.2) is 14.5 Å². The summed E-state index contributed by atoms with van der Waals surface area (Å²) in [6.07, 6.45) is -0.308. The predicted octanol–water partition coefficient (Wildman–Crippen LogP) is 2.85. The molecule has 0 radical (unpaired) electrons. The molecule has 9 nitrogen and oxygen atoms in total. The molecule has 0 spiro atoms.